The van der Waals surface area contributed by atoms with Gasteiger partial charge in [-0.2, -0.15) is 0 Å². The molecule has 1 aliphatic rings. The van der Waals surface area contributed by atoms with E-state index in [9.17, 15) is 0 Å². The number of halogens is 2. The van der Waals surface area contributed by atoms with Gasteiger partial charge in [-0.05, 0) is 24.8 Å². The van der Waals surface area contributed by atoms with E-state index in [0.717, 1.165) is 28.4 Å². The highest BCUT2D eigenvalue weighted by Gasteiger charge is 2.23. The van der Waals surface area contributed by atoms with Crippen molar-refractivity contribution in [3.05, 3.63) is 34.9 Å². The summed E-state index contributed by atoms with van der Waals surface area (Å²) in [5.41, 5.74) is 1.08. The van der Waals surface area contributed by atoms with E-state index < -0.39 is 0 Å². The molecular formula is C12H14BrClO. The average Bonchev–Trinajstić information content (AvgIpc) is 3.05. The summed E-state index contributed by atoms with van der Waals surface area (Å²) in [6.45, 7) is 0.863. The molecule has 82 valence electrons. The molecule has 0 spiro atoms. The van der Waals surface area contributed by atoms with Gasteiger partial charge in [-0.1, -0.05) is 45.7 Å². The monoisotopic (exact) mass is 288 g/mol. The predicted octanol–water partition coefficient (Wildman–Crippen LogP) is 4.20. The Bertz CT molecular complexity index is 325. The molecule has 1 aliphatic carbocycles. The van der Waals surface area contributed by atoms with Crippen LogP contribution in [-0.2, 0) is 4.74 Å². The van der Waals surface area contributed by atoms with Gasteiger partial charge in [0, 0.05) is 15.9 Å². The van der Waals surface area contributed by atoms with Gasteiger partial charge in [-0.15, -0.1) is 0 Å². The lowest BCUT2D eigenvalue weighted by Crippen LogP contribution is -2.08. The Labute approximate surface area is 104 Å². The van der Waals surface area contributed by atoms with Gasteiger partial charge in [0.05, 0.1) is 12.7 Å². The van der Waals surface area contributed by atoms with E-state index in [2.05, 4.69) is 15.9 Å². The number of hydrogen-bond acceptors (Lipinski definition) is 1. The SMILES string of the molecule is Clc1ccccc1C(CBr)OCC1CC1. The Morgan fingerprint density at radius 2 is 2.13 bits per heavy atom. The van der Waals surface area contributed by atoms with Crippen LogP contribution in [0.2, 0.25) is 5.02 Å². The maximum Gasteiger partial charge on any atom is 0.0936 e. The molecule has 1 nitrogen and oxygen atoms in total. The fraction of sp³-hybridized carbons (Fsp3) is 0.500. The molecule has 1 atom stereocenters. The van der Waals surface area contributed by atoms with Gasteiger partial charge in [0.25, 0.3) is 0 Å². The molecule has 0 N–H and O–H groups in total. The van der Waals surface area contributed by atoms with Crippen LogP contribution < -0.4 is 0 Å². The Kier molecular flexibility index (Phi) is 4.06. The van der Waals surface area contributed by atoms with Crippen LogP contribution >= 0.6 is 27.5 Å². The van der Waals surface area contributed by atoms with Crippen molar-refractivity contribution >= 4 is 27.5 Å². The fourth-order valence-corrected chi connectivity index (χ4v) is 2.28. The van der Waals surface area contributed by atoms with Gasteiger partial charge in [0.2, 0.25) is 0 Å². The van der Waals surface area contributed by atoms with E-state index in [1.165, 1.54) is 12.8 Å². The molecule has 0 heterocycles. The molecule has 1 fully saturated rings. The van der Waals surface area contributed by atoms with E-state index in [1.54, 1.807) is 0 Å². The van der Waals surface area contributed by atoms with Crippen LogP contribution in [0.3, 0.4) is 0 Å². The van der Waals surface area contributed by atoms with Crippen molar-refractivity contribution in [1.29, 1.82) is 0 Å². The first-order valence-electron chi connectivity index (χ1n) is 5.23. The fourth-order valence-electron chi connectivity index (χ4n) is 1.49. The Hall–Kier alpha value is -0.0500. The van der Waals surface area contributed by atoms with Crippen molar-refractivity contribution in [3.63, 3.8) is 0 Å². The van der Waals surface area contributed by atoms with Crippen LogP contribution in [0.5, 0.6) is 0 Å². The summed E-state index contributed by atoms with van der Waals surface area (Å²) in [5, 5.41) is 1.58. The molecule has 0 amide bonds. The number of alkyl halides is 1. The summed E-state index contributed by atoms with van der Waals surface area (Å²) in [4.78, 5) is 0. The second-order valence-electron chi connectivity index (χ2n) is 3.94. The van der Waals surface area contributed by atoms with Crippen LogP contribution in [0.15, 0.2) is 24.3 Å². The molecular weight excluding hydrogens is 275 g/mol. The van der Waals surface area contributed by atoms with Crippen molar-refractivity contribution in [2.75, 3.05) is 11.9 Å². The summed E-state index contributed by atoms with van der Waals surface area (Å²) in [7, 11) is 0. The molecule has 1 aromatic carbocycles. The number of rotatable bonds is 5. The molecule has 0 saturated heterocycles. The molecule has 0 radical (unpaired) electrons. The third-order valence-electron chi connectivity index (χ3n) is 2.62. The zero-order valence-corrected chi connectivity index (χ0v) is 10.8. The van der Waals surface area contributed by atoms with Gasteiger partial charge in [0.1, 0.15) is 0 Å². The van der Waals surface area contributed by atoms with E-state index in [0.29, 0.717) is 0 Å². The largest absolute Gasteiger partial charge is 0.372 e. The maximum atomic E-state index is 6.13. The van der Waals surface area contributed by atoms with Crippen LogP contribution in [0, 0.1) is 5.92 Å². The summed E-state index contributed by atoms with van der Waals surface area (Å²) in [6, 6.07) is 7.88. The number of benzene rings is 1. The first kappa shape index (κ1) is 11.4. The molecule has 0 aliphatic heterocycles. The minimum atomic E-state index is 0.0827. The minimum absolute atomic E-state index is 0.0827. The Morgan fingerprint density at radius 3 is 2.73 bits per heavy atom. The van der Waals surface area contributed by atoms with Gasteiger partial charge in [0.15, 0.2) is 0 Å². The van der Waals surface area contributed by atoms with Crippen molar-refractivity contribution < 1.29 is 4.74 Å². The number of hydrogen-bond donors (Lipinski definition) is 0. The quantitative estimate of drug-likeness (QED) is 0.738. The molecule has 0 aromatic heterocycles. The molecule has 1 aromatic rings. The lowest BCUT2D eigenvalue weighted by molar-refractivity contribution is 0.0619. The summed E-state index contributed by atoms with van der Waals surface area (Å²) in [6.07, 6.45) is 2.72. The van der Waals surface area contributed by atoms with E-state index in [-0.39, 0.29) is 6.10 Å². The molecule has 0 bridgehead atoms. The van der Waals surface area contributed by atoms with E-state index in [1.807, 2.05) is 24.3 Å². The Balaban J connectivity index is 2.00. The van der Waals surface area contributed by atoms with E-state index >= 15 is 0 Å². The van der Waals surface area contributed by atoms with Gasteiger partial charge < -0.3 is 4.74 Å². The average molecular weight is 290 g/mol. The third-order valence-corrected chi connectivity index (χ3v) is 3.55. The smallest absolute Gasteiger partial charge is 0.0936 e. The normalized spacial score (nSPS) is 17.7. The number of ether oxygens (including phenoxy) is 1. The molecule has 1 saturated carbocycles. The van der Waals surface area contributed by atoms with Crippen molar-refractivity contribution in [2.24, 2.45) is 5.92 Å². The predicted molar refractivity (Wildman–Crippen MR) is 66.7 cm³/mol. The van der Waals surface area contributed by atoms with Crippen LogP contribution in [-0.4, -0.2) is 11.9 Å². The van der Waals surface area contributed by atoms with Crippen molar-refractivity contribution in [2.45, 2.75) is 18.9 Å². The Morgan fingerprint density at radius 1 is 1.40 bits per heavy atom. The van der Waals surface area contributed by atoms with Gasteiger partial charge in [-0.25, -0.2) is 0 Å². The molecule has 3 heteroatoms. The lowest BCUT2D eigenvalue weighted by Gasteiger charge is -2.16. The standard InChI is InChI=1S/C12H14BrClO/c13-7-12(15-8-9-5-6-9)10-3-1-2-4-11(10)14/h1-4,9,12H,5-8H2. The van der Waals surface area contributed by atoms with Crippen LogP contribution in [0.4, 0.5) is 0 Å². The zero-order valence-electron chi connectivity index (χ0n) is 8.46. The maximum absolute atomic E-state index is 6.13. The first-order chi connectivity index (χ1) is 7.31. The minimum Gasteiger partial charge on any atom is -0.372 e. The summed E-state index contributed by atoms with van der Waals surface area (Å²) >= 11 is 9.60. The molecule has 15 heavy (non-hydrogen) atoms. The topological polar surface area (TPSA) is 9.23 Å². The first-order valence-corrected chi connectivity index (χ1v) is 6.73. The highest BCUT2D eigenvalue weighted by Crippen LogP contribution is 2.33. The van der Waals surface area contributed by atoms with Crippen molar-refractivity contribution in [3.8, 4) is 0 Å². The van der Waals surface area contributed by atoms with Crippen LogP contribution in [0.25, 0.3) is 0 Å². The third kappa shape index (κ3) is 3.20. The summed E-state index contributed by atoms with van der Waals surface area (Å²) in [5.74, 6) is 0.786. The zero-order chi connectivity index (χ0) is 10.7. The van der Waals surface area contributed by atoms with Gasteiger partial charge in [-0.3, -0.25) is 0 Å². The second-order valence-corrected chi connectivity index (χ2v) is 5.00. The van der Waals surface area contributed by atoms with Gasteiger partial charge >= 0.3 is 0 Å². The highest BCUT2D eigenvalue weighted by atomic mass is 79.9. The molecule has 1 unspecified atom stereocenters. The molecule has 2 rings (SSSR count). The summed E-state index contributed by atoms with van der Waals surface area (Å²) < 4.78 is 5.85. The van der Waals surface area contributed by atoms with Crippen LogP contribution in [0.1, 0.15) is 24.5 Å². The van der Waals surface area contributed by atoms with E-state index in [4.69, 9.17) is 16.3 Å². The highest BCUT2D eigenvalue weighted by molar-refractivity contribution is 9.09. The lowest BCUT2D eigenvalue weighted by atomic mass is 10.1. The second kappa shape index (κ2) is 5.33. The van der Waals surface area contributed by atoms with Crippen molar-refractivity contribution in [1.82, 2.24) is 0 Å².